The maximum absolute atomic E-state index is 12.1. The van der Waals surface area contributed by atoms with Crippen LogP contribution in [-0.4, -0.2) is 23.5 Å². The van der Waals surface area contributed by atoms with Gasteiger partial charge in [-0.1, -0.05) is 26.7 Å². The number of hydrogen-bond donors (Lipinski definition) is 2. The Morgan fingerprint density at radius 1 is 1.39 bits per heavy atom. The molecule has 3 heteroatoms. The molecule has 1 rings (SSSR count). The molecule has 1 saturated carbocycles. The molecular formula is C15H30N2O. The van der Waals surface area contributed by atoms with Crippen LogP contribution in [0.2, 0.25) is 0 Å². The third-order valence-corrected chi connectivity index (χ3v) is 4.16. The van der Waals surface area contributed by atoms with Gasteiger partial charge in [0.1, 0.15) is 0 Å². The van der Waals surface area contributed by atoms with Crippen molar-refractivity contribution in [2.24, 2.45) is 5.92 Å². The molecule has 106 valence electrons. The molecule has 2 N–H and O–H groups in total. The summed E-state index contributed by atoms with van der Waals surface area (Å²) in [5, 5.41) is 6.59. The van der Waals surface area contributed by atoms with E-state index >= 15 is 0 Å². The quantitative estimate of drug-likeness (QED) is 0.792. The fourth-order valence-corrected chi connectivity index (χ4v) is 2.54. The molecule has 0 aromatic rings. The fourth-order valence-electron chi connectivity index (χ4n) is 2.54. The van der Waals surface area contributed by atoms with E-state index in [0.717, 1.165) is 12.3 Å². The van der Waals surface area contributed by atoms with Gasteiger partial charge >= 0.3 is 0 Å². The second-order valence-electron chi connectivity index (χ2n) is 6.58. The Balaban J connectivity index is 2.39. The van der Waals surface area contributed by atoms with Gasteiger partial charge in [0.05, 0.1) is 6.04 Å². The standard InChI is InChI=1S/C15H30N2O/c1-6-15(4,5)17-14(18)12(3)16-13-9-7-8-11(2)10-13/h11-13,16H,6-10H2,1-5H3,(H,17,18). The van der Waals surface area contributed by atoms with Gasteiger partial charge in [-0.25, -0.2) is 0 Å². The van der Waals surface area contributed by atoms with Crippen LogP contribution in [0, 0.1) is 5.92 Å². The molecule has 3 nitrogen and oxygen atoms in total. The van der Waals surface area contributed by atoms with Crippen molar-refractivity contribution in [3.63, 3.8) is 0 Å². The second kappa shape index (κ2) is 6.55. The minimum Gasteiger partial charge on any atom is -0.350 e. The number of rotatable bonds is 5. The Hall–Kier alpha value is -0.570. The summed E-state index contributed by atoms with van der Waals surface area (Å²) in [6.45, 7) is 10.5. The molecule has 1 aliphatic rings. The normalized spacial score (nSPS) is 26.7. The van der Waals surface area contributed by atoms with Crippen LogP contribution >= 0.6 is 0 Å². The lowest BCUT2D eigenvalue weighted by Crippen LogP contribution is -2.53. The van der Waals surface area contributed by atoms with E-state index in [1.54, 1.807) is 0 Å². The fraction of sp³-hybridized carbons (Fsp3) is 0.933. The van der Waals surface area contributed by atoms with E-state index in [9.17, 15) is 4.79 Å². The average molecular weight is 254 g/mol. The van der Waals surface area contributed by atoms with Crippen LogP contribution < -0.4 is 10.6 Å². The lowest BCUT2D eigenvalue weighted by Gasteiger charge is -2.32. The van der Waals surface area contributed by atoms with E-state index in [0.29, 0.717) is 6.04 Å². The molecule has 1 aliphatic carbocycles. The molecule has 1 amide bonds. The highest BCUT2D eigenvalue weighted by Crippen LogP contribution is 2.23. The number of carbonyl (C=O) groups is 1. The summed E-state index contributed by atoms with van der Waals surface area (Å²) in [7, 11) is 0. The molecule has 0 bridgehead atoms. The van der Waals surface area contributed by atoms with Gasteiger partial charge in [-0.3, -0.25) is 4.79 Å². The Labute approximate surface area is 112 Å². The van der Waals surface area contributed by atoms with Crippen LogP contribution in [0.3, 0.4) is 0 Å². The first-order chi connectivity index (χ1) is 8.34. The SMILES string of the molecule is CCC(C)(C)NC(=O)C(C)NC1CCCC(C)C1. The summed E-state index contributed by atoms with van der Waals surface area (Å²) in [6, 6.07) is 0.422. The van der Waals surface area contributed by atoms with Gasteiger partial charge in [-0.15, -0.1) is 0 Å². The minimum atomic E-state index is -0.104. The summed E-state index contributed by atoms with van der Waals surface area (Å²) < 4.78 is 0. The van der Waals surface area contributed by atoms with Crippen LogP contribution in [0.5, 0.6) is 0 Å². The van der Waals surface area contributed by atoms with E-state index in [4.69, 9.17) is 0 Å². The van der Waals surface area contributed by atoms with Crippen LogP contribution in [0.15, 0.2) is 0 Å². The van der Waals surface area contributed by atoms with Crippen molar-refractivity contribution in [3.05, 3.63) is 0 Å². The number of carbonyl (C=O) groups excluding carboxylic acids is 1. The average Bonchev–Trinajstić information content (AvgIpc) is 2.28. The Morgan fingerprint density at radius 3 is 2.61 bits per heavy atom. The highest BCUT2D eigenvalue weighted by molar-refractivity contribution is 5.82. The Kier molecular flexibility index (Phi) is 5.64. The largest absolute Gasteiger partial charge is 0.350 e. The van der Waals surface area contributed by atoms with Gasteiger partial charge in [0.25, 0.3) is 0 Å². The summed E-state index contributed by atoms with van der Waals surface area (Å²) in [5.74, 6) is 0.915. The van der Waals surface area contributed by atoms with E-state index in [2.05, 4.69) is 38.3 Å². The third kappa shape index (κ3) is 4.97. The van der Waals surface area contributed by atoms with Gasteiger partial charge in [-0.2, -0.15) is 0 Å². The first-order valence-corrected chi connectivity index (χ1v) is 7.42. The molecule has 0 radical (unpaired) electrons. The topological polar surface area (TPSA) is 41.1 Å². The second-order valence-corrected chi connectivity index (χ2v) is 6.58. The Morgan fingerprint density at radius 2 is 2.06 bits per heavy atom. The van der Waals surface area contributed by atoms with E-state index in [-0.39, 0.29) is 17.5 Å². The summed E-state index contributed by atoms with van der Waals surface area (Å²) in [6.07, 6.45) is 5.98. The third-order valence-electron chi connectivity index (χ3n) is 4.16. The highest BCUT2D eigenvalue weighted by atomic mass is 16.2. The zero-order chi connectivity index (χ0) is 13.8. The van der Waals surface area contributed by atoms with E-state index in [1.807, 2.05) is 6.92 Å². The smallest absolute Gasteiger partial charge is 0.237 e. The maximum atomic E-state index is 12.1. The number of hydrogen-bond acceptors (Lipinski definition) is 2. The molecule has 0 aromatic heterocycles. The maximum Gasteiger partial charge on any atom is 0.237 e. The molecule has 1 fully saturated rings. The zero-order valence-electron chi connectivity index (χ0n) is 12.7. The van der Waals surface area contributed by atoms with Crippen LogP contribution in [0.25, 0.3) is 0 Å². The predicted octanol–water partition coefficient (Wildman–Crippen LogP) is 2.85. The lowest BCUT2D eigenvalue weighted by molar-refractivity contribution is -0.124. The van der Waals surface area contributed by atoms with Gasteiger partial charge in [0.2, 0.25) is 5.91 Å². The predicted molar refractivity (Wildman–Crippen MR) is 76.5 cm³/mol. The van der Waals surface area contributed by atoms with Crippen molar-refractivity contribution in [1.82, 2.24) is 10.6 Å². The first-order valence-electron chi connectivity index (χ1n) is 7.42. The molecule has 0 spiro atoms. The molecule has 3 unspecified atom stereocenters. The van der Waals surface area contributed by atoms with Crippen molar-refractivity contribution in [2.75, 3.05) is 0 Å². The van der Waals surface area contributed by atoms with Crippen molar-refractivity contribution in [3.8, 4) is 0 Å². The van der Waals surface area contributed by atoms with Gasteiger partial charge in [0, 0.05) is 11.6 Å². The van der Waals surface area contributed by atoms with Crippen LogP contribution in [0.1, 0.15) is 66.7 Å². The monoisotopic (exact) mass is 254 g/mol. The summed E-state index contributed by atoms with van der Waals surface area (Å²) in [4.78, 5) is 12.1. The highest BCUT2D eigenvalue weighted by Gasteiger charge is 2.25. The summed E-state index contributed by atoms with van der Waals surface area (Å²) in [5.41, 5.74) is -0.104. The van der Waals surface area contributed by atoms with Gasteiger partial charge in [0.15, 0.2) is 0 Å². The number of nitrogens with one attached hydrogen (secondary N) is 2. The number of amides is 1. The lowest BCUT2D eigenvalue weighted by atomic mass is 9.87. The van der Waals surface area contributed by atoms with Crippen molar-refractivity contribution < 1.29 is 4.79 Å². The van der Waals surface area contributed by atoms with Crippen molar-refractivity contribution in [1.29, 1.82) is 0 Å². The summed E-state index contributed by atoms with van der Waals surface area (Å²) >= 11 is 0. The molecule has 18 heavy (non-hydrogen) atoms. The molecule has 0 aromatic carbocycles. The molecule has 3 atom stereocenters. The van der Waals surface area contributed by atoms with Gasteiger partial charge in [-0.05, 0) is 46.0 Å². The van der Waals surface area contributed by atoms with E-state index in [1.165, 1.54) is 25.7 Å². The minimum absolute atomic E-state index is 0.0916. The van der Waals surface area contributed by atoms with Crippen LogP contribution in [0.4, 0.5) is 0 Å². The van der Waals surface area contributed by atoms with Gasteiger partial charge < -0.3 is 10.6 Å². The van der Waals surface area contributed by atoms with Crippen LogP contribution in [-0.2, 0) is 4.79 Å². The molecule has 0 aliphatic heterocycles. The first kappa shape index (κ1) is 15.5. The van der Waals surface area contributed by atoms with Crippen molar-refractivity contribution in [2.45, 2.75) is 84.3 Å². The molecular weight excluding hydrogens is 224 g/mol. The molecule has 0 saturated heterocycles. The van der Waals surface area contributed by atoms with Crippen molar-refractivity contribution >= 4 is 5.91 Å². The molecule has 0 heterocycles. The Bertz CT molecular complexity index is 276. The zero-order valence-corrected chi connectivity index (χ0v) is 12.7. The van der Waals surface area contributed by atoms with E-state index < -0.39 is 0 Å².